The molecule has 3 rings (SSSR count). The number of hydrogen-bond acceptors (Lipinski definition) is 4. The SMILES string of the molecule is CC[C@H](C(=O)NC(C)C)N(Cc1ccc(F)cc1)C(=O)CN(c1ccc(F)cc1)S(=O)(=O)c1ccc(C)cc1. The van der Waals surface area contributed by atoms with Gasteiger partial charge in [0.15, 0.2) is 0 Å². The van der Waals surface area contributed by atoms with E-state index in [2.05, 4.69) is 5.32 Å². The molecule has 208 valence electrons. The van der Waals surface area contributed by atoms with Gasteiger partial charge >= 0.3 is 0 Å². The number of hydrogen-bond donors (Lipinski definition) is 1. The molecule has 10 heteroatoms. The molecule has 3 aromatic rings. The molecule has 1 atom stereocenters. The lowest BCUT2D eigenvalue weighted by Crippen LogP contribution is -2.53. The van der Waals surface area contributed by atoms with E-state index in [1.165, 1.54) is 53.4 Å². The second-order valence-electron chi connectivity index (χ2n) is 9.54. The van der Waals surface area contributed by atoms with Crippen molar-refractivity contribution in [2.24, 2.45) is 0 Å². The van der Waals surface area contributed by atoms with E-state index in [-0.39, 0.29) is 29.6 Å². The smallest absolute Gasteiger partial charge is 0.264 e. The molecule has 0 aliphatic rings. The zero-order valence-corrected chi connectivity index (χ0v) is 23.2. The van der Waals surface area contributed by atoms with Crippen LogP contribution in [0, 0.1) is 18.6 Å². The molecule has 0 heterocycles. The molecule has 0 fully saturated rings. The lowest BCUT2D eigenvalue weighted by molar-refractivity contribution is -0.140. The van der Waals surface area contributed by atoms with Crippen LogP contribution in [0.25, 0.3) is 0 Å². The van der Waals surface area contributed by atoms with Crippen LogP contribution in [-0.2, 0) is 26.2 Å². The van der Waals surface area contributed by atoms with Crippen molar-refractivity contribution in [3.63, 3.8) is 0 Å². The highest BCUT2D eigenvalue weighted by Gasteiger charge is 2.33. The molecular weight excluding hydrogens is 524 g/mol. The molecule has 7 nitrogen and oxygen atoms in total. The highest BCUT2D eigenvalue weighted by Crippen LogP contribution is 2.25. The number of halogens is 2. The Bertz CT molecular complexity index is 1380. The Morgan fingerprint density at radius 2 is 1.41 bits per heavy atom. The molecular formula is C29H33F2N3O4S. The monoisotopic (exact) mass is 557 g/mol. The minimum Gasteiger partial charge on any atom is -0.352 e. The number of sulfonamides is 1. The van der Waals surface area contributed by atoms with Gasteiger partial charge < -0.3 is 10.2 Å². The van der Waals surface area contributed by atoms with Crippen molar-refractivity contribution < 1.29 is 26.8 Å². The second kappa shape index (κ2) is 12.8. The third-order valence-corrected chi connectivity index (χ3v) is 7.87. The fourth-order valence-corrected chi connectivity index (χ4v) is 5.47. The predicted molar refractivity (Wildman–Crippen MR) is 146 cm³/mol. The van der Waals surface area contributed by atoms with Crippen LogP contribution in [0.15, 0.2) is 77.7 Å². The Kier molecular flexibility index (Phi) is 9.80. The van der Waals surface area contributed by atoms with E-state index in [9.17, 15) is 26.8 Å². The number of nitrogens with zero attached hydrogens (tertiary/aromatic N) is 2. The highest BCUT2D eigenvalue weighted by molar-refractivity contribution is 7.92. The lowest BCUT2D eigenvalue weighted by atomic mass is 10.1. The highest BCUT2D eigenvalue weighted by atomic mass is 32.2. The van der Waals surface area contributed by atoms with Crippen LogP contribution in [0.2, 0.25) is 0 Å². The summed E-state index contributed by atoms with van der Waals surface area (Å²) >= 11 is 0. The van der Waals surface area contributed by atoms with Crippen LogP contribution < -0.4 is 9.62 Å². The van der Waals surface area contributed by atoms with Crippen molar-refractivity contribution >= 4 is 27.5 Å². The summed E-state index contributed by atoms with van der Waals surface area (Å²) in [6, 6.07) is 15.3. The quantitative estimate of drug-likeness (QED) is 0.367. The summed E-state index contributed by atoms with van der Waals surface area (Å²) < 4.78 is 55.6. The molecule has 0 saturated carbocycles. The first-order chi connectivity index (χ1) is 18.4. The van der Waals surface area contributed by atoms with Crippen LogP contribution in [0.4, 0.5) is 14.5 Å². The molecule has 0 radical (unpaired) electrons. The largest absolute Gasteiger partial charge is 0.352 e. The third-order valence-electron chi connectivity index (χ3n) is 6.09. The molecule has 39 heavy (non-hydrogen) atoms. The van der Waals surface area contributed by atoms with Crippen molar-refractivity contribution in [1.82, 2.24) is 10.2 Å². The second-order valence-corrected chi connectivity index (χ2v) is 11.4. The molecule has 3 aromatic carbocycles. The van der Waals surface area contributed by atoms with Gasteiger partial charge in [0.2, 0.25) is 11.8 Å². The van der Waals surface area contributed by atoms with E-state index in [0.29, 0.717) is 5.56 Å². The Hall–Kier alpha value is -3.79. The van der Waals surface area contributed by atoms with Gasteiger partial charge in [0, 0.05) is 12.6 Å². The molecule has 0 saturated heterocycles. The number of nitrogens with one attached hydrogen (secondary N) is 1. The standard InChI is InChI=1S/C29H33F2N3O4S/c1-5-27(29(36)32-20(2)3)33(18-22-8-10-23(30)11-9-22)28(35)19-34(25-14-12-24(31)13-15-25)39(37,38)26-16-6-21(4)7-17-26/h6-17,20,27H,5,18-19H2,1-4H3,(H,32,36)/t27-/m1/s1. The van der Waals surface area contributed by atoms with E-state index >= 15 is 0 Å². The Labute approximate surface area is 228 Å². The van der Waals surface area contributed by atoms with Gasteiger partial charge in [0.05, 0.1) is 10.6 Å². The van der Waals surface area contributed by atoms with Crippen LogP contribution in [0.5, 0.6) is 0 Å². The summed E-state index contributed by atoms with van der Waals surface area (Å²) in [5.41, 5.74) is 1.51. The van der Waals surface area contributed by atoms with Crippen LogP contribution in [0.1, 0.15) is 38.3 Å². The maximum atomic E-state index is 13.9. The van der Waals surface area contributed by atoms with Gasteiger partial charge in [0.25, 0.3) is 10.0 Å². The van der Waals surface area contributed by atoms with Gasteiger partial charge in [-0.1, -0.05) is 36.8 Å². The van der Waals surface area contributed by atoms with Crippen molar-refractivity contribution in [2.45, 2.75) is 57.6 Å². The first kappa shape index (κ1) is 29.8. The number of carbonyl (C=O) groups is 2. The van der Waals surface area contributed by atoms with Gasteiger partial charge in [-0.3, -0.25) is 13.9 Å². The summed E-state index contributed by atoms with van der Waals surface area (Å²) in [5.74, 6) is -2.05. The summed E-state index contributed by atoms with van der Waals surface area (Å²) in [6.07, 6.45) is 0.257. The van der Waals surface area contributed by atoms with E-state index < -0.39 is 46.1 Å². The molecule has 0 bridgehead atoms. The van der Waals surface area contributed by atoms with E-state index in [1.54, 1.807) is 32.9 Å². The summed E-state index contributed by atoms with van der Waals surface area (Å²) in [5, 5.41) is 2.81. The lowest BCUT2D eigenvalue weighted by Gasteiger charge is -2.33. The van der Waals surface area contributed by atoms with E-state index in [0.717, 1.165) is 22.0 Å². The fourth-order valence-electron chi connectivity index (χ4n) is 4.06. The van der Waals surface area contributed by atoms with Crippen LogP contribution in [-0.4, -0.2) is 43.8 Å². The van der Waals surface area contributed by atoms with Gasteiger partial charge in [-0.25, -0.2) is 17.2 Å². The first-order valence-electron chi connectivity index (χ1n) is 12.6. The minimum absolute atomic E-state index is 0.0418. The van der Waals surface area contributed by atoms with Crippen LogP contribution >= 0.6 is 0 Å². The van der Waals surface area contributed by atoms with Gasteiger partial charge in [-0.2, -0.15) is 0 Å². The summed E-state index contributed by atoms with van der Waals surface area (Å²) in [6.45, 7) is 6.45. The fraction of sp³-hybridized carbons (Fsp3) is 0.310. The van der Waals surface area contributed by atoms with Crippen LogP contribution in [0.3, 0.4) is 0 Å². The maximum absolute atomic E-state index is 13.9. The normalized spacial score (nSPS) is 12.2. The maximum Gasteiger partial charge on any atom is 0.264 e. The molecule has 1 N–H and O–H groups in total. The zero-order chi connectivity index (χ0) is 28.7. The zero-order valence-electron chi connectivity index (χ0n) is 22.4. The number of amides is 2. The van der Waals surface area contributed by atoms with E-state index in [1.807, 2.05) is 6.92 Å². The summed E-state index contributed by atoms with van der Waals surface area (Å²) in [4.78, 5) is 28.2. The summed E-state index contributed by atoms with van der Waals surface area (Å²) in [7, 11) is -4.25. The van der Waals surface area contributed by atoms with Crippen molar-refractivity contribution in [1.29, 1.82) is 0 Å². The number of benzene rings is 3. The van der Waals surface area contributed by atoms with Gasteiger partial charge in [-0.05, 0) is 81.3 Å². The Morgan fingerprint density at radius 3 is 1.92 bits per heavy atom. The van der Waals surface area contributed by atoms with E-state index in [4.69, 9.17) is 0 Å². The average molecular weight is 558 g/mol. The number of carbonyl (C=O) groups excluding carboxylic acids is 2. The minimum atomic E-state index is -4.25. The van der Waals surface area contributed by atoms with Gasteiger partial charge in [0.1, 0.15) is 24.2 Å². The van der Waals surface area contributed by atoms with Crippen molar-refractivity contribution in [3.8, 4) is 0 Å². The Balaban J connectivity index is 2.05. The topological polar surface area (TPSA) is 86.8 Å². The van der Waals surface area contributed by atoms with Crippen molar-refractivity contribution in [2.75, 3.05) is 10.8 Å². The molecule has 0 unspecified atom stereocenters. The average Bonchev–Trinajstić information content (AvgIpc) is 2.88. The number of anilines is 1. The molecule has 0 aromatic heterocycles. The molecule has 0 aliphatic heterocycles. The predicted octanol–water partition coefficient (Wildman–Crippen LogP) is 4.80. The first-order valence-corrected chi connectivity index (χ1v) is 14.1. The van der Waals surface area contributed by atoms with Gasteiger partial charge in [-0.15, -0.1) is 0 Å². The third kappa shape index (κ3) is 7.63. The van der Waals surface area contributed by atoms with Crippen molar-refractivity contribution in [3.05, 3.63) is 95.6 Å². The molecule has 2 amide bonds. The number of aryl methyl sites for hydroxylation is 1. The Morgan fingerprint density at radius 1 is 0.872 bits per heavy atom. The number of rotatable bonds is 11. The molecule has 0 aliphatic carbocycles. The molecule has 0 spiro atoms.